The molecule has 28 heavy (non-hydrogen) atoms. The Kier molecular flexibility index (Phi) is 7.58. The first kappa shape index (κ1) is 21.4. The molecule has 3 aromatic carbocycles. The van der Waals surface area contributed by atoms with Crippen molar-refractivity contribution in [1.82, 2.24) is 5.32 Å². The van der Waals surface area contributed by atoms with Gasteiger partial charge in [-0.25, -0.2) is 0 Å². The monoisotopic (exact) mass is 374 g/mol. The molecule has 0 aliphatic rings. The van der Waals surface area contributed by atoms with Gasteiger partial charge in [-0.05, 0) is 68.6 Å². The number of nitrogens with zero attached hydrogens (tertiary/aromatic N) is 2. The van der Waals surface area contributed by atoms with Gasteiger partial charge < -0.3 is 15.7 Å². The molecule has 0 saturated carbocycles. The van der Waals surface area contributed by atoms with Gasteiger partial charge >= 0.3 is 0 Å². The van der Waals surface area contributed by atoms with Crippen LogP contribution in [0, 0.1) is 13.8 Å². The first-order chi connectivity index (χ1) is 13.5. The van der Waals surface area contributed by atoms with Crippen LogP contribution in [0.25, 0.3) is 10.8 Å². The van der Waals surface area contributed by atoms with Crippen molar-refractivity contribution in [2.45, 2.75) is 27.2 Å². The van der Waals surface area contributed by atoms with Crippen molar-refractivity contribution in [3.63, 3.8) is 0 Å². The molecular weight excluding hydrogens is 347 g/mol. The number of anilines is 1. The van der Waals surface area contributed by atoms with Gasteiger partial charge in [-0.2, -0.15) is 5.11 Å². The van der Waals surface area contributed by atoms with Gasteiger partial charge in [0.25, 0.3) is 0 Å². The first-order valence-electron chi connectivity index (χ1n) is 9.29. The van der Waals surface area contributed by atoms with Crippen molar-refractivity contribution in [2.24, 2.45) is 10.2 Å². The second kappa shape index (κ2) is 9.90. The molecule has 0 unspecified atom stereocenters. The summed E-state index contributed by atoms with van der Waals surface area (Å²) >= 11 is 0. The minimum atomic E-state index is 0.244. The summed E-state index contributed by atoms with van der Waals surface area (Å²) < 4.78 is 0. The summed E-state index contributed by atoms with van der Waals surface area (Å²) in [5.74, 6) is 0.244. The average Bonchev–Trinajstić information content (AvgIpc) is 2.68. The number of hydrogen-bond acceptors (Lipinski definition) is 5. The SMILES string of the molecule is CNC.[B]Nc1ccc2cc(C)c(CC)c(O)c2c1N=Nc1ccccc1C. The van der Waals surface area contributed by atoms with Crippen molar-refractivity contribution >= 4 is 35.8 Å². The molecule has 2 radical (unpaired) electrons. The molecule has 144 valence electrons. The fraction of sp³-hybridized carbons (Fsp3) is 0.273. The number of nitrogens with one attached hydrogen (secondary N) is 2. The van der Waals surface area contributed by atoms with Gasteiger partial charge in [0.1, 0.15) is 11.4 Å². The summed E-state index contributed by atoms with van der Waals surface area (Å²) in [7, 11) is 9.41. The molecular formula is C22H27BN4O. The smallest absolute Gasteiger partial charge is 0.222 e. The van der Waals surface area contributed by atoms with Crippen molar-refractivity contribution in [3.05, 3.63) is 59.2 Å². The molecule has 0 aromatic heterocycles. The summed E-state index contributed by atoms with van der Waals surface area (Å²) in [5.41, 5.74) is 4.94. The molecule has 5 nitrogen and oxygen atoms in total. The topological polar surface area (TPSA) is 69.0 Å². The fourth-order valence-electron chi connectivity index (χ4n) is 3.08. The lowest BCUT2D eigenvalue weighted by molar-refractivity contribution is 0.475. The van der Waals surface area contributed by atoms with Crippen LogP contribution in [-0.4, -0.2) is 27.2 Å². The predicted octanol–water partition coefficient (Wildman–Crippen LogP) is 5.47. The zero-order valence-electron chi connectivity index (χ0n) is 17.2. The van der Waals surface area contributed by atoms with E-state index in [-0.39, 0.29) is 5.75 Å². The number of rotatable bonds is 4. The minimum Gasteiger partial charge on any atom is -0.507 e. The van der Waals surface area contributed by atoms with Gasteiger partial charge in [-0.1, -0.05) is 37.3 Å². The Balaban J connectivity index is 0.000000878. The molecule has 0 aliphatic heterocycles. The Labute approximate surface area is 168 Å². The largest absolute Gasteiger partial charge is 0.507 e. The van der Waals surface area contributed by atoms with Crippen molar-refractivity contribution in [1.29, 1.82) is 0 Å². The Hall–Kier alpha value is -2.86. The van der Waals surface area contributed by atoms with Crippen molar-refractivity contribution in [2.75, 3.05) is 19.3 Å². The molecule has 0 saturated heterocycles. The van der Waals surface area contributed by atoms with Crippen molar-refractivity contribution < 1.29 is 5.11 Å². The van der Waals surface area contributed by atoms with E-state index in [0.29, 0.717) is 16.8 Å². The van der Waals surface area contributed by atoms with Crippen LogP contribution in [0.1, 0.15) is 23.6 Å². The molecule has 0 fully saturated rings. The summed E-state index contributed by atoms with van der Waals surface area (Å²) in [5, 5.41) is 26.6. The Morgan fingerprint density at radius 3 is 2.29 bits per heavy atom. The zero-order chi connectivity index (χ0) is 20.7. The van der Waals surface area contributed by atoms with E-state index in [1.165, 1.54) is 0 Å². The van der Waals surface area contributed by atoms with Gasteiger partial charge in [0, 0.05) is 5.69 Å². The van der Waals surface area contributed by atoms with E-state index in [4.69, 9.17) is 7.98 Å². The van der Waals surface area contributed by atoms with Gasteiger partial charge in [0.15, 0.2) is 0 Å². The third kappa shape index (κ3) is 4.51. The number of azo groups is 1. The molecule has 3 rings (SSSR count). The number of aromatic hydroxyl groups is 1. The highest BCUT2D eigenvalue weighted by atomic mass is 16.3. The lowest BCUT2D eigenvalue weighted by atomic mass is 9.96. The van der Waals surface area contributed by atoms with E-state index in [2.05, 4.69) is 26.8 Å². The Morgan fingerprint density at radius 2 is 1.68 bits per heavy atom. The number of phenolic OH excluding ortho intramolecular Hbond substituents is 1. The summed E-state index contributed by atoms with van der Waals surface area (Å²) in [6.45, 7) is 6.00. The first-order valence-corrected chi connectivity index (χ1v) is 9.29. The Morgan fingerprint density at radius 1 is 1.00 bits per heavy atom. The van der Waals surface area contributed by atoms with Crippen LogP contribution in [0.4, 0.5) is 17.1 Å². The maximum absolute atomic E-state index is 10.8. The van der Waals surface area contributed by atoms with Crippen LogP contribution in [0.15, 0.2) is 52.7 Å². The maximum Gasteiger partial charge on any atom is 0.222 e. The third-order valence-electron chi connectivity index (χ3n) is 4.46. The van der Waals surface area contributed by atoms with Gasteiger partial charge in [-0.15, -0.1) is 5.11 Å². The lowest BCUT2D eigenvalue weighted by Gasteiger charge is -2.14. The zero-order valence-corrected chi connectivity index (χ0v) is 17.2. The molecule has 0 atom stereocenters. The second-order valence-electron chi connectivity index (χ2n) is 6.56. The van der Waals surface area contributed by atoms with Crippen LogP contribution in [-0.2, 0) is 6.42 Å². The van der Waals surface area contributed by atoms with E-state index < -0.39 is 0 Å². The second-order valence-corrected chi connectivity index (χ2v) is 6.56. The fourth-order valence-corrected chi connectivity index (χ4v) is 3.08. The number of fused-ring (bicyclic) bond motifs is 1. The van der Waals surface area contributed by atoms with E-state index in [0.717, 1.165) is 34.2 Å². The molecule has 0 aliphatic carbocycles. The van der Waals surface area contributed by atoms with E-state index in [1.807, 2.05) is 71.3 Å². The number of benzene rings is 3. The molecule has 3 aromatic rings. The summed E-state index contributed by atoms with van der Waals surface area (Å²) in [6.07, 6.45) is 0.738. The third-order valence-corrected chi connectivity index (χ3v) is 4.46. The highest BCUT2D eigenvalue weighted by Gasteiger charge is 2.15. The summed E-state index contributed by atoms with van der Waals surface area (Å²) in [4.78, 5) is 0. The van der Waals surface area contributed by atoms with E-state index in [1.54, 1.807) is 0 Å². The highest BCUT2D eigenvalue weighted by Crippen LogP contribution is 2.43. The highest BCUT2D eigenvalue weighted by molar-refractivity contribution is 6.18. The van der Waals surface area contributed by atoms with Gasteiger partial charge in [0.2, 0.25) is 7.98 Å². The predicted molar refractivity (Wildman–Crippen MR) is 119 cm³/mol. The molecule has 0 bridgehead atoms. The van der Waals surface area contributed by atoms with Crippen LogP contribution in [0.3, 0.4) is 0 Å². The van der Waals surface area contributed by atoms with E-state index >= 15 is 0 Å². The number of aryl methyl sites for hydroxylation is 2. The minimum absolute atomic E-state index is 0.244. The average molecular weight is 374 g/mol. The molecule has 3 N–H and O–H groups in total. The van der Waals surface area contributed by atoms with Gasteiger partial charge in [-0.3, -0.25) is 0 Å². The van der Waals surface area contributed by atoms with E-state index in [9.17, 15) is 5.11 Å². The molecule has 0 spiro atoms. The number of hydrogen-bond donors (Lipinski definition) is 3. The number of phenols is 1. The Bertz CT molecular complexity index is 986. The van der Waals surface area contributed by atoms with Gasteiger partial charge in [0.05, 0.1) is 11.1 Å². The maximum atomic E-state index is 10.8. The van der Waals surface area contributed by atoms with Crippen molar-refractivity contribution in [3.8, 4) is 5.75 Å². The normalized spacial score (nSPS) is 10.8. The quantitative estimate of drug-likeness (QED) is 0.419. The van der Waals surface area contributed by atoms with Crippen LogP contribution < -0.4 is 10.5 Å². The lowest BCUT2D eigenvalue weighted by Crippen LogP contribution is -1.94. The van der Waals surface area contributed by atoms with Crippen LogP contribution in [0.2, 0.25) is 0 Å². The molecule has 0 heterocycles. The molecule has 0 amide bonds. The molecule has 6 heteroatoms. The van der Waals surface area contributed by atoms with Crippen LogP contribution >= 0.6 is 0 Å². The van der Waals surface area contributed by atoms with Crippen LogP contribution in [0.5, 0.6) is 5.75 Å². The summed E-state index contributed by atoms with van der Waals surface area (Å²) in [6, 6.07) is 13.6. The standard InChI is InChI=1S/C20H20BN3O.C2H7N/c1-4-15-13(3)11-14-9-10-17(22-21)19(18(14)20(15)25)24-23-16-8-6-5-7-12(16)2;1-3-2/h5-11,22,25H,4H2,1-3H3;3H,1-2H3.